The number of amides is 1. The molecule has 29 heavy (non-hydrogen) atoms. The van der Waals surface area contributed by atoms with E-state index in [9.17, 15) is 9.18 Å². The first-order valence-electron chi connectivity index (χ1n) is 9.18. The van der Waals surface area contributed by atoms with Crippen molar-refractivity contribution in [3.63, 3.8) is 0 Å². The van der Waals surface area contributed by atoms with Crippen LogP contribution in [0.1, 0.15) is 21.7 Å². The molecule has 0 radical (unpaired) electrons. The van der Waals surface area contributed by atoms with Gasteiger partial charge in [0.15, 0.2) is 5.82 Å². The van der Waals surface area contributed by atoms with E-state index < -0.39 is 5.91 Å². The van der Waals surface area contributed by atoms with Crippen LogP contribution in [0.15, 0.2) is 72.8 Å². The highest BCUT2D eigenvalue weighted by Crippen LogP contribution is 2.23. The van der Waals surface area contributed by atoms with E-state index >= 15 is 0 Å². The summed E-state index contributed by atoms with van der Waals surface area (Å²) in [5, 5.41) is 7.24. The predicted molar refractivity (Wildman–Crippen MR) is 111 cm³/mol. The van der Waals surface area contributed by atoms with Gasteiger partial charge in [-0.05, 0) is 73.5 Å². The third-order valence-electron chi connectivity index (χ3n) is 4.68. The van der Waals surface area contributed by atoms with E-state index in [-0.39, 0.29) is 11.6 Å². The molecule has 6 heteroatoms. The molecule has 1 aromatic heterocycles. The topological polar surface area (TPSA) is 59.8 Å². The maximum atomic E-state index is 13.4. The summed E-state index contributed by atoms with van der Waals surface area (Å²) in [6, 6.07) is 21.0. The van der Waals surface area contributed by atoms with Gasteiger partial charge in [0.25, 0.3) is 5.91 Å². The summed E-state index contributed by atoms with van der Waals surface area (Å²) in [5.74, 6) is -0.256. The minimum Gasteiger partial charge on any atom is -0.319 e. The molecule has 0 aliphatic heterocycles. The van der Waals surface area contributed by atoms with E-state index in [0.29, 0.717) is 17.1 Å². The fraction of sp³-hybridized carbons (Fsp3) is 0.0870. The number of carbonyl (C=O) groups is 1. The van der Waals surface area contributed by atoms with Crippen molar-refractivity contribution in [3.8, 4) is 17.1 Å². The Kier molecular flexibility index (Phi) is 4.91. The normalized spacial score (nSPS) is 10.7. The molecule has 5 nitrogen and oxygen atoms in total. The molecule has 4 rings (SSSR count). The lowest BCUT2D eigenvalue weighted by Crippen LogP contribution is -2.14. The van der Waals surface area contributed by atoms with Gasteiger partial charge < -0.3 is 5.32 Å². The molecular formula is C23H19FN4O. The van der Waals surface area contributed by atoms with E-state index in [0.717, 1.165) is 16.8 Å². The number of carbonyl (C=O) groups excluding carboxylic acids is 1. The van der Waals surface area contributed by atoms with E-state index in [1.54, 1.807) is 28.9 Å². The van der Waals surface area contributed by atoms with Crippen molar-refractivity contribution >= 4 is 11.6 Å². The number of aryl methyl sites for hydroxylation is 2. The molecule has 0 spiro atoms. The third kappa shape index (κ3) is 3.91. The molecule has 3 aromatic carbocycles. The van der Waals surface area contributed by atoms with Crippen LogP contribution in [-0.2, 0) is 0 Å². The number of halogens is 1. The Bertz CT molecular complexity index is 1170. The van der Waals surface area contributed by atoms with Crippen LogP contribution in [-0.4, -0.2) is 20.7 Å². The molecule has 1 N–H and O–H groups in total. The average Bonchev–Trinajstić information content (AvgIpc) is 3.17. The standard InChI is InChI=1S/C23H19FN4O/c1-15-8-13-20(14-16(15)2)28-22(17-9-11-18(24)12-10-17)26-21(27-28)23(29)25-19-6-4-3-5-7-19/h3-14H,1-2H3,(H,25,29). The molecule has 1 heterocycles. The molecule has 0 aliphatic carbocycles. The van der Waals surface area contributed by atoms with Gasteiger partial charge in [0.2, 0.25) is 5.82 Å². The molecule has 0 aliphatic rings. The summed E-state index contributed by atoms with van der Waals surface area (Å²) in [6.07, 6.45) is 0. The number of benzene rings is 3. The third-order valence-corrected chi connectivity index (χ3v) is 4.68. The molecule has 0 saturated heterocycles. The van der Waals surface area contributed by atoms with Gasteiger partial charge in [0.1, 0.15) is 5.82 Å². The number of nitrogens with zero attached hydrogens (tertiary/aromatic N) is 3. The first kappa shape index (κ1) is 18.6. The van der Waals surface area contributed by atoms with Crippen LogP contribution in [0.25, 0.3) is 17.1 Å². The van der Waals surface area contributed by atoms with Gasteiger partial charge in [-0.2, -0.15) is 0 Å². The Labute approximate surface area is 167 Å². The molecule has 0 saturated carbocycles. The number of anilines is 1. The van der Waals surface area contributed by atoms with Gasteiger partial charge in [-0.1, -0.05) is 24.3 Å². The van der Waals surface area contributed by atoms with Crippen LogP contribution in [0, 0.1) is 19.7 Å². The molecule has 0 unspecified atom stereocenters. The monoisotopic (exact) mass is 386 g/mol. The van der Waals surface area contributed by atoms with Gasteiger partial charge in [-0.25, -0.2) is 14.1 Å². The highest BCUT2D eigenvalue weighted by molar-refractivity contribution is 6.01. The van der Waals surface area contributed by atoms with Crippen molar-refractivity contribution < 1.29 is 9.18 Å². The lowest BCUT2D eigenvalue weighted by Gasteiger charge is -2.08. The number of hydrogen-bond donors (Lipinski definition) is 1. The zero-order valence-corrected chi connectivity index (χ0v) is 16.1. The highest BCUT2D eigenvalue weighted by atomic mass is 19.1. The van der Waals surface area contributed by atoms with Crippen LogP contribution >= 0.6 is 0 Å². The predicted octanol–water partition coefficient (Wildman–Crippen LogP) is 4.94. The van der Waals surface area contributed by atoms with E-state index in [2.05, 4.69) is 15.4 Å². The maximum Gasteiger partial charge on any atom is 0.295 e. The molecule has 0 bridgehead atoms. The fourth-order valence-electron chi connectivity index (χ4n) is 2.94. The Hall–Kier alpha value is -3.80. The zero-order chi connectivity index (χ0) is 20.4. The summed E-state index contributed by atoms with van der Waals surface area (Å²) in [6.45, 7) is 4.04. The van der Waals surface area contributed by atoms with Crippen molar-refractivity contribution in [3.05, 3.63) is 95.6 Å². The van der Waals surface area contributed by atoms with Crippen molar-refractivity contribution in [2.24, 2.45) is 0 Å². The van der Waals surface area contributed by atoms with Crippen LogP contribution in [0.2, 0.25) is 0 Å². The molecule has 4 aromatic rings. The molecule has 0 fully saturated rings. The zero-order valence-electron chi connectivity index (χ0n) is 16.1. The first-order valence-corrected chi connectivity index (χ1v) is 9.18. The van der Waals surface area contributed by atoms with Crippen molar-refractivity contribution in [2.45, 2.75) is 13.8 Å². The minimum absolute atomic E-state index is 0.0337. The Morgan fingerprint density at radius 3 is 2.34 bits per heavy atom. The maximum absolute atomic E-state index is 13.4. The molecular weight excluding hydrogens is 367 g/mol. The van der Waals surface area contributed by atoms with Crippen LogP contribution in [0.4, 0.5) is 10.1 Å². The van der Waals surface area contributed by atoms with Gasteiger partial charge in [0.05, 0.1) is 5.69 Å². The van der Waals surface area contributed by atoms with Gasteiger partial charge in [0, 0.05) is 11.3 Å². The summed E-state index contributed by atoms with van der Waals surface area (Å²) in [7, 11) is 0. The smallest absolute Gasteiger partial charge is 0.295 e. The summed E-state index contributed by atoms with van der Waals surface area (Å²) in [4.78, 5) is 17.2. The largest absolute Gasteiger partial charge is 0.319 e. The second-order valence-electron chi connectivity index (χ2n) is 6.77. The summed E-state index contributed by atoms with van der Waals surface area (Å²) >= 11 is 0. The van der Waals surface area contributed by atoms with Gasteiger partial charge >= 0.3 is 0 Å². The van der Waals surface area contributed by atoms with E-state index in [1.807, 2.05) is 50.2 Å². The Morgan fingerprint density at radius 1 is 0.931 bits per heavy atom. The van der Waals surface area contributed by atoms with Crippen molar-refractivity contribution in [1.82, 2.24) is 14.8 Å². The quantitative estimate of drug-likeness (QED) is 0.540. The fourth-order valence-corrected chi connectivity index (χ4v) is 2.94. The second kappa shape index (κ2) is 7.67. The Morgan fingerprint density at radius 2 is 1.66 bits per heavy atom. The average molecular weight is 386 g/mol. The number of aromatic nitrogens is 3. The SMILES string of the molecule is Cc1ccc(-n2nc(C(=O)Nc3ccccc3)nc2-c2ccc(F)cc2)cc1C. The number of hydrogen-bond acceptors (Lipinski definition) is 3. The molecule has 144 valence electrons. The minimum atomic E-state index is -0.415. The van der Waals surface area contributed by atoms with Crippen molar-refractivity contribution in [1.29, 1.82) is 0 Å². The highest BCUT2D eigenvalue weighted by Gasteiger charge is 2.19. The Balaban J connectivity index is 1.78. The molecule has 1 amide bonds. The lowest BCUT2D eigenvalue weighted by molar-refractivity contribution is 0.101. The van der Waals surface area contributed by atoms with Crippen molar-refractivity contribution in [2.75, 3.05) is 5.32 Å². The number of rotatable bonds is 4. The molecule has 0 atom stereocenters. The first-order chi connectivity index (χ1) is 14.0. The number of nitrogens with one attached hydrogen (secondary N) is 1. The summed E-state index contributed by atoms with van der Waals surface area (Å²) in [5.41, 5.74) is 4.34. The van der Waals surface area contributed by atoms with Crippen LogP contribution < -0.4 is 5.32 Å². The summed E-state index contributed by atoms with van der Waals surface area (Å²) < 4.78 is 15.0. The van der Waals surface area contributed by atoms with E-state index in [1.165, 1.54) is 12.1 Å². The number of para-hydroxylation sites is 1. The van der Waals surface area contributed by atoms with Crippen LogP contribution in [0.3, 0.4) is 0 Å². The van der Waals surface area contributed by atoms with E-state index in [4.69, 9.17) is 0 Å². The van der Waals surface area contributed by atoms with Crippen LogP contribution in [0.5, 0.6) is 0 Å². The lowest BCUT2D eigenvalue weighted by atomic mass is 10.1. The second-order valence-corrected chi connectivity index (χ2v) is 6.77. The van der Waals surface area contributed by atoms with Gasteiger partial charge in [-0.3, -0.25) is 4.79 Å². The van der Waals surface area contributed by atoms with Gasteiger partial charge in [-0.15, -0.1) is 5.10 Å².